The van der Waals surface area contributed by atoms with Gasteiger partial charge in [-0.05, 0) is 50.0 Å². The number of rotatable bonds is 3. The van der Waals surface area contributed by atoms with Crippen molar-refractivity contribution < 1.29 is 4.79 Å². The van der Waals surface area contributed by atoms with Crippen molar-refractivity contribution in [3.05, 3.63) is 35.3 Å². The molecule has 0 aliphatic heterocycles. The van der Waals surface area contributed by atoms with Gasteiger partial charge in [-0.15, -0.1) is 0 Å². The van der Waals surface area contributed by atoms with Gasteiger partial charge in [0.1, 0.15) is 4.83 Å². The third kappa shape index (κ3) is 2.52. The number of hydrogen-bond acceptors (Lipinski definition) is 5. The molecule has 0 spiro atoms. The molecule has 0 fully saturated rings. The van der Waals surface area contributed by atoms with Crippen molar-refractivity contribution in [1.82, 2.24) is 19.1 Å². The summed E-state index contributed by atoms with van der Waals surface area (Å²) >= 11 is 1.29. The second-order valence-corrected chi connectivity index (χ2v) is 5.55. The van der Waals surface area contributed by atoms with Crippen LogP contribution in [0.1, 0.15) is 28.7 Å². The van der Waals surface area contributed by atoms with Crippen molar-refractivity contribution >= 4 is 33.5 Å². The summed E-state index contributed by atoms with van der Waals surface area (Å²) in [5, 5.41) is 7.91. The molecule has 3 aromatic rings. The highest BCUT2D eigenvalue weighted by atomic mass is 32.1. The van der Waals surface area contributed by atoms with Crippen LogP contribution in [0.3, 0.4) is 0 Å². The van der Waals surface area contributed by atoms with Crippen LogP contribution in [0.25, 0.3) is 10.2 Å². The number of amides is 1. The van der Waals surface area contributed by atoms with E-state index in [-0.39, 0.29) is 5.91 Å². The minimum Gasteiger partial charge on any atom is -0.304 e. The normalized spacial score (nSPS) is 11.0. The molecule has 0 radical (unpaired) electrons. The van der Waals surface area contributed by atoms with E-state index < -0.39 is 0 Å². The summed E-state index contributed by atoms with van der Waals surface area (Å²) in [6.07, 6.45) is 1.78. The van der Waals surface area contributed by atoms with E-state index in [1.165, 1.54) is 11.5 Å². The lowest BCUT2D eigenvalue weighted by molar-refractivity contribution is 0.102. The number of fused-ring (bicyclic) bond motifs is 1. The topological polar surface area (TPSA) is 72.7 Å². The van der Waals surface area contributed by atoms with Crippen molar-refractivity contribution in [1.29, 1.82) is 0 Å². The van der Waals surface area contributed by atoms with Crippen molar-refractivity contribution in [2.45, 2.75) is 27.3 Å². The zero-order valence-electron chi connectivity index (χ0n) is 12.0. The maximum Gasteiger partial charge on any atom is 0.277 e. The van der Waals surface area contributed by atoms with Crippen LogP contribution < -0.4 is 5.32 Å². The first-order valence-corrected chi connectivity index (χ1v) is 7.44. The molecule has 0 aliphatic rings. The van der Waals surface area contributed by atoms with E-state index in [2.05, 4.69) is 19.8 Å². The van der Waals surface area contributed by atoms with Crippen LogP contribution in [0.4, 0.5) is 5.82 Å². The van der Waals surface area contributed by atoms with Gasteiger partial charge in [0.2, 0.25) is 0 Å². The lowest BCUT2D eigenvalue weighted by Crippen LogP contribution is -2.13. The summed E-state index contributed by atoms with van der Waals surface area (Å²) in [7, 11) is 0. The zero-order chi connectivity index (χ0) is 15.0. The molecule has 0 aromatic carbocycles. The molecule has 3 rings (SSSR count). The summed E-state index contributed by atoms with van der Waals surface area (Å²) in [6.45, 7) is 6.64. The molecule has 0 unspecified atom stereocenters. The maximum absolute atomic E-state index is 12.2. The fraction of sp³-hybridized carbons (Fsp3) is 0.286. The number of carbonyl (C=O) groups excluding carboxylic acids is 1. The highest BCUT2D eigenvalue weighted by Crippen LogP contribution is 2.29. The van der Waals surface area contributed by atoms with Crippen LogP contribution >= 0.6 is 11.5 Å². The molecule has 7 heteroatoms. The Hall–Kier alpha value is -2.28. The predicted molar refractivity (Wildman–Crippen MR) is 82.7 cm³/mol. The van der Waals surface area contributed by atoms with Gasteiger partial charge < -0.3 is 5.32 Å². The summed E-state index contributed by atoms with van der Waals surface area (Å²) in [5.41, 5.74) is 2.39. The van der Waals surface area contributed by atoms with Gasteiger partial charge in [-0.3, -0.25) is 9.48 Å². The largest absolute Gasteiger partial charge is 0.304 e. The molecule has 1 amide bonds. The van der Waals surface area contributed by atoms with Gasteiger partial charge in [-0.2, -0.15) is 9.47 Å². The maximum atomic E-state index is 12.2. The van der Waals surface area contributed by atoms with Crippen molar-refractivity contribution in [2.24, 2.45) is 0 Å². The van der Waals surface area contributed by atoms with Gasteiger partial charge in [0.05, 0.1) is 5.39 Å². The second kappa shape index (κ2) is 5.25. The summed E-state index contributed by atoms with van der Waals surface area (Å²) in [4.78, 5) is 17.5. The Morgan fingerprint density at radius 2 is 2.24 bits per heavy atom. The van der Waals surface area contributed by atoms with Crippen molar-refractivity contribution in [2.75, 3.05) is 5.32 Å². The Balaban J connectivity index is 1.93. The molecule has 0 bridgehead atoms. The zero-order valence-corrected chi connectivity index (χ0v) is 12.9. The Labute approximate surface area is 126 Å². The highest BCUT2D eigenvalue weighted by molar-refractivity contribution is 7.13. The molecule has 6 nitrogen and oxygen atoms in total. The molecule has 3 aromatic heterocycles. The first-order valence-electron chi connectivity index (χ1n) is 6.67. The van der Waals surface area contributed by atoms with E-state index in [1.54, 1.807) is 16.9 Å². The number of carbonyl (C=O) groups is 1. The molecule has 108 valence electrons. The Kier molecular flexibility index (Phi) is 3.42. The molecular weight excluding hydrogens is 286 g/mol. The smallest absolute Gasteiger partial charge is 0.277 e. The Morgan fingerprint density at radius 3 is 2.95 bits per heavy atom. The lowest BCUT2D eigenvalue weighted by Gasteiger charge is -2.03. The molecule has 0 saturated carbocycles. The molecule has 1 N–H and O–H groups in total. The quantitative estimate of drug-likeness (QED) is 0.807. The van der Waals surface area contributed by atoms with Crippen LogP contribution in [0, 0.1) is 13.8 Å². The molecule has 0 aliphatic carbocycles. The fourth-order valence-corrected chi connectivity index (χ4v) is 3.06. The Bertz CT molecular complexity index is 820. The number of anilines is 1. The molecular formula is C14H15N5OS. The van der Waals surface area contributed by atoms with Crippen molar-refractivity contribution in [3.63, 3.8) is 0 Å². The van der Waals surface area contributed by atoms with Gasteiger partial charge >= 0.3 is 0 Å². The summed E-state index contributed by atoms with van der Waals surface area (Å²) in [6, 6.07) is 3.68. The van der Waals surface area contributed by atoms with Crippen LogP contribution in [0.15, 0.2) is 18.3 Å². The van der Waals surface area contributed by atoms with Gasteiger partial charge in [0.25, 0.3) is 5.91 Å². The SMILES string of the molecule is CCn1ccc(C(=O)Nc2nsc3nc(C)cc(C)c23)n1. The van der Waals surface area contributed by atoms with Crippen LogP contribution in [0.2, 0.25) is 0 Å². The predicted octanol–water partition coefficient (Wildman–Crippen LogP) is 2.78. The van der Waals surface area contributed by atoms with Gasteiger partial charge in [0.15, 0.2) is 11.5 Å². The molecule has 0 atom stereocenters. The number of nitrogens with one attached hydrogen (secondary N) is 1. The van der Waals surface area contributed by atoms with Gasteiger partial charge in [-0.1, -0.05) is 0 Å². The standard InChI is InChI=1S/C14H15N5OS/c1-4-19-6-5-10(17-19)13(20)16-12-11-8(2)7-9(3)15-14(11)21-18-12/h5-7H,4H2,1-3H3,(H,16,18,20). The minimum absolute atomic E-state index is 0.255. The van der Waals surface area contributed by atoms with Crippen molar-refractivity contribution in [3.8, 4) is 0 Å². The van der Waals surface area contributed by atoms with E-state index in [0.29, 0.717) is 11.5 Å². The number of pyridine rings is 1. The third-order valence-electron chi connectivity index (χ3n) is 3.20. The second-order valence-electron chi connectivity index (χ2n) is 4.80. The van der Waals surface area contributed by atoms with E-state index in [0.717, 1.165) is 28.0 Å². The average molecular weight is 301 g/mol. The average Bonchev–Trinajstić information content (AvgIpc) is 3.05. The number of aryl methyl sites for hydroxylation is 3. The lowest BCUT2D eigenvalue weighted by atomic mass is 10.2. The van der Waals surface area contributed by atoms with Crippen LogP contribution in [0.5, 0.6) is 0 Å². The summed E-state index contributed by atoms with van der Waals surface area (Å²) in [5.74, 6) is 0.297. The van der Waals surface area contributed by atoms with Gasteiger partial charge in [0, 0.05) is 18.4 Å². The van der Waals surface area contributed by atoms with Gasteiger partial charge in [-0.25, -0.2) is 4.98 Å². The Morgan fingerprint density at radius 1 is 1.43 bits per heavy atom. The van der Waals surface area contributed by atoms with E-state index in [9.17, 15) is 4.79 Å². The van der Waals surface area contributed by atoms with Crippen LogP contribution in [-0.2, 0) is 6.54 Å². The third-order valence-corrected chi connectivity index (χ3v) is 3.94. The number of aromatic nitrogens is 4. The first-order chi connectivity index (χ1) is 10.1. The van der Waals surface area contributed by atoms with E-state index in [4.69, 9.17) is 0 Å². The van der Waals surface area contributed by atoms with Crippen LogP contribution in [-0.4, -0.2) is 25.0 Å². The van der Waals surface area contributed by atoms with E-state index >= 15 is 0 Å². The monoisotopic (exact) mass is 301 g/mol. The summed E-state index contributed by atoms with van der Waals surface area (Å²) < 4.78 is 6.01. The highest BCUT2D eigenvalue weighted by Gasteiger charge is 2.16. The molecule has 3 heterocycles. The van der Waals surface area contributed by atoms with E-state index in [1.807, 2.05) is 26.8 Å². The minimum atomic E-state index is -0.255. The number of hydrogen-bond donors (Lipinski definition) is 1. The molecule has 21 heavy (non-hydrogen) atoms. The number of nitrogens with zero attached hydrogens (tertiary/aromatic N) is 4. The molecule has 0 saturated heterocycles. The first kappa shape index (κ1) is 13.7. The fourth-order valence-electron chi connectivity index (χ4n) is 2.21.